The predicted molar refractivity (Wildman–Crippen MR) is 102 cm³/mol. The number of ether oxygens (including phenoxy) is 1. The standard InChI is InChI=1S/C22H27F3O3/c1-3-5-6-17-13-15-9-12-18(20(23)19(15)21(26)27-17)22(24,25)28-16-10-7-14(4-2)8-11-16/h9,12-14,16H,3-8,10-11H2,1-2H3. The molecule has 2 aromatic rings. The van der Waals surface area contributed by atoms with E-state index in [0.717, 1.165) is 38.2 Å². The highest BCUT2D eigenvalue weighted by Gasteiger charge is 2.40. The minimum absolute atomic E-state index is 0.267. The van der Waals surface area contributed by atoms with Crippen LogP contribution in [0.1, 0.15) is 70.1 Å². The van der Waals surface area contributed by atoms with E-state index >= 15 is 0 Å². The van der Waals surface area contributed by atoms with Gasteiger partial charge in [-0.05, 0) is 55.5 Å². The summed E-state index contributed by atoms with van der Waals surface area (Å²) in [6, 6.07) is 3.90. The van der Waals surface area contributed by atoms with E-state index in [1.54, 1.807) is 6.07 Å². The second kappa shape index (κ2) is 8.68. The molecule has 6 heteroatoms. The summed E-state index contributed by atoms with van der Waals surface area (Å²) < 4.78 is 54.4. The molecule has 1 saturated carbocycles. The maximum atomic E-state index is 14.9. The van der Waals surface area contributed by atoms with Crippen LogP contribution < -0.4 is 5.63 Å². The molecule has 0 N–H and O–H groups in total. The lowest BCUT2D eigenvalue weighted by atomic mass is 9.86. The third kappa shape index (κ3) is 4.43. The zero-order chi connectivity index (χ0) is 20.3. The van der Waals surface area contributed by atoms with Gasteiger partial charge in [0, 0.05) is 6.42 Å². The molecule has 3 nitrogen and oxygen atoms in total. The molecule has 0 bridgehead atoms. The summed E-state index contributed by atoms with van der Waals surface area (Å²) in [5.74, 6) is -0.292. The van der Waals surface area contributed by atoms with Gasteiger partial charge >= 0.3 is 11.7 Å². The van der Waals surface area contributed by atoms with Crippen LogP contribution in [0.4, 0.5) is 13.2 Å². The summed E-state index contributed by atoms with van der Waals surface area (Å²) in [5, 5.41) is -0.182. The van der Waals surface area contributed by atoms with Gasteiger partial charge in [-0.15, -0.1) is 0 Å². The van der Waals surface area contributed by atoms with Crippen molar-refractivity contribution in [2.24, 2.45) is 5.92 Å². The largest absolute Gasteiger partial charge is 0.427 e. The van der Waals surface area contributed by atoms with Crippen LogP contribution in [0, 0.1) is 11.7 Å². The van der Waals surface area contributed by atoms with Crippen LogP contribution in [0.25, 0.3) is 10.8 Å². The zero-order valence-corrected chi connectivity index (χ0v) is 16.4. The number of aryl methyl sites for hydroxylation is 1. The molecule has 154 valence electrons. The lowest BCUT2D eigenvalue weighted by Gasteiger charge is -2.31. The highest BCUT2D eigenvalue weighted by molar-refractivity contribution is 5.83. The molecular formula is C22H27F3O3. The van der Waals surface area contributed by atoms with Crippen molar-refractivity contribution >= 4 is 10.8 Å². The summed E-state index contributed by atoms with van der Waals surface area (Å²) in [7, 11) is 0. The fourth-order valence-corrected chi connectivity index (χ4v) is 3.92. The first-order chi connectivity index (χ1) is 13.4. The molecule has 1 fully saturated rings. The van der Waals surface area contributed by atoms with Crippen molar-refractivity contribution in [3.8, 4) is 0 Å². The fourth-order valence-electron chi connectivity index (χ4n) is 3.92. The van der Waals surface area contributed by atoms with Crippen LogP contribution in [-0.2, 0) is 17.3 Å². The molecule has 0 unspecified atom stereocenters. The Kier molecular flexibility index (Phi) is 6.48. The molecule has 0 saturated heterocycles. The lowest BCUT2D eigenvalue weighted by molar-refractivity contribution is -0.279. The van der Waals surface area contributed by atoms with Gasteiger partial charge in [-0.25, -0.2) is 9.18 Å². The van der Waals surface area contributed by atoms with Crippen molar-refractivity contribution < 1.29 is 22.3 Å². The third-order valence-electron chi connectivity index (χ3n) is 5.69. The van der Waals surface area contributed by atoms with Gasteiger partial charge in [0.15, 0.2) is 0 Å². The first kappa shape index (κ1) is 20.9. The molecular weight excluding hydrogens is 369 g/mol. The number of benzene rings is 1. The number of hydrogen-bond donors (Lipinski definition) is 0. The minimum atomic E-state index is -3.80. The Hall–Kier alpha value is -1.82. The van der Waals surface area contributed by atoms with Crippen molar-refractivity contribution in [1.29, 1.82) is 0 Å². The van der Waals surface area contributed by atoms with E-state index in [0.29, 0.717) is 30.9 Å². The molecule has 0 aliphatic heterocycles. The third-order valence-corrected chi connectivity index (χ3v) is 5.69. The first-order valence-corrected chi connectivity index (χ1v) is 10.2. The summed E-state index contributed by atoms with van der Waals surface area (Å²) in [4.78, 5) is 12.2. The van der Waals surface area contributed by atoms with E-state index in [1.807, 2.05) is 6.92 Å². The topological polar surface area (TPSA) is 39.4 Å². The van der Waals surface area contributed by atoms with Gasteiger partial charge in [0.1, 0.15) is 17.0 Å². The molecule has 1 heterocycles. The second-order valence-electron chi connectivity index (χ2n) is 7.68. The van der Waals surface area contributed by atoms with Gasteiger partial charge in [-0.1, -0.05) is 32.8 Å². The highest BCUT2D eigenvalue weighted by Crippen LogP contribution is 2.38. The van der Waals surface area contributed by atoms with E-state index < -0.39 is 34.6 Å². The minimum Gasteiger partial charge on any atom is -0.427 e. The SMILES string of the molecule is CCCCc1cc2ccc(C(F)(F)OC3CCC(CC)CC3)c(F)c2c(=O)o1. The second-order valence-corrected chi connectivity index (χ2v) is 7.68. The molecule has 28 heavy (non-hydrogen) atoms. The smallest absolute Gasteiger partial charge is 0.386 e. The van der Waals surface area contributed by atoms with E-state index in [-0.39, 0.29) is 5.39 Å². The molecule has 0 radical (unpaired) electrons. The van der Waals surface area contributed by atoms with E-state index in [2.05, 4.69) is 6.92 Å². The summed E-state index contributed by atoms with van der Waals surface area (Å²) in [6.07, 6.45) is 1.64. The predicted octanol–water partition coefficient (Wildman–Crippen LogP) is 6.31. The number of halogens is 3. The number of hydrogen-bond acceptors (Lipinski definition) is 3. The maximum Gasteiger partial charge on any atom is 0.386 e. The van der Waals surface area contributed by atoms with Gasteiger partial charge in [0.2, 0.25) is 0 Å². The van der Waals surface area contributed by atoms with Crippen LogP contribution in [0.5, 0.6) is 0 Å². The van der Waals surface area contributed by atoms with Gasteiger partial charge in [0.25, 0.3) is 0 Å². The van der Waals surface area contributed by atoms with Gasteiger partial charge < -0.3 is 9.15 Å². The number of fused-ring (bicyclic) bond motifs is 1. The Balaban J connectivity index is 1.87. The molecule has 3 rings (SSSR count). The van der Waals surface area contributed by atoms with Crippen molar-refractivity contribution in [3.63, 3.8) is 0 Å². The van der Waals surface area contributed by atoms with Crippen molar-refractivity contribution in [2.75, 3.05) is 0 Å². The summed E-state index contributed by atoms with van der Waals surface area (Å²) in [5.41, 5.74) is -1.84. The highest BCUT2D eigenvalue weighted by atomic mass is 19.3. The van der Waals surface area contributed by atoms with Gasteiger partial charge in [0.05, 0.1) is 11.7 Å². The normalized spacial score (nSPS) is 20.6. The van der Waals surface area contributed by atoms with Crippen LogP contribution in [0.2, 0.25) is 0 Å². The number of alkyl halides is 2. The molecule has 1 aliphatic carbocycles. The van der Waals surface area contributed by atoms with Crippen LogP contribution in [0.15, 0.2) is 27.4 Å². The molecule has 1 aromatic heterocycles. The van der Waals surface area contributed by atoms with Crippen LogP contribution >= 0.6 is 0 Å². The Labute approximate surface area is 162 Å². The van der Waals surface area contributed by atoms with Crippen molar-refractivity contribution in [3.05, 3.63) is 45.8 Å². The average Bonchev–Trinajstić information content (AvgIpc) is 2.66. The molecule has 0 spiro atoms. The van der Waals surface area contributed by atoms with Gasteiger partial charge in [-0.3, -0.25) is 0 Å². The Morgan fingerprint density at radius 2 is 1.89 bits per heavy atom. The van der Waals surface area contributed by atoms with Crippen molar-refractivity contribution in [1.82, 2.24) is 0 Å². The van der Waals surface area contributed by atoms with E-state index in [9.17, 15) is 18.0 Å². The molecule has 0 atom stereocenters. The zero-order valence-electron chi connectivity index (χ0n) is 16.4. The monoisotopic (exact) mass is 396 g/mol. The fraction of sp³-hybridized carbons (Fsp3) is 0.591. The van der Waals surface area contributed by atoms with E-state index in [1.165, 1.54) is 6.07 Å². The summed E-state index contributed by atoms with van der Waals surface area (Å²) >= 11 is 0. The molecule has 1 aromatic carbocycles. The quantitative estimate of drug-likeness (QED) is 0.551. The Morgan fingerprint density at radius 3 is 2.54 bits per heavy atom. The molecule has 1 aliphatic rings. The number of unbranched alkanes of at least 4 members (excludes halogenated alkanes) is 1. The van der Waals surface area contributed by atoms with Crippen LogP contribution in [0.3, 0.4) is 0 Å². The average molecular weight is 396 g/mol. The Morgan fingerprint density at radius 1 is 1.18 bits per heavy atom. The van der Waals surface area contributed by atoms with Gasteiger partial charge in [-0.2, -0.15) is 8.78 Å². The number of rotatable bonds is 7. The maximum absolute atomic E-state index is 14.9. The van der Waals surface area contributed by atoms with Crippen molar-refractivity contribution in [2.45, 2.75) is 77.4 Å². The first-order valence-electron chi connectivity index (χ1n) is 10.2. The lowest BCUT2D eigenvalue weighted by Crippen LogP contribution is -2.30. The summed E-state index contributed by atoms with van der Waals surface area (Å²) in [6.45, 7) is 4.09. The van der Waals surface area contributed by atoms with Crippen LogP contribution in [-0.4, -0.2) is 6.10 Å². The molecule has 0 amide bonds. The van der Waals surface area contributed by atoms with E-state index in [4.69, 9.17) is 9.15 Å². The Bertz CT molecular complexity index is 867.